The maximum absolute atomic E-state index is 12.4. The molecule has 0 bridgehead atoms. The van der Waals surface area contributed by atoms with Gasteiger partial charge in [0.1, 0.15) is 0 Å². The second kappa shape index (κ2) is 50.2. The van der Waals surface area contributed by atoms with E-state index in [9.17, 15) is 15.0 Å². The molecule has 0 spiro atoms. The van der Waals surface area contributed by atoms with Crippen molar-refractivity contribution < 1.29 is 15.0 Å². The first-order valence-electron chi connectivity index (χ1n) is 25.6. The van der Waals surface area contributed by atoms with Gasteiger partial charge in [-0.2, -0.15) is 0 Å². The predicted octanol–water partition coefficient (Wildman–Crippen LogP) is 16.6. The quantitative estimate of drug-likeness (QED) is 0.0423. The Labute approximate surface area is 368 Å². The highest BCUT2D eigenvalue weighted by Crippen LogP contribution is 2.17. The molecule has 4 heteroatoms. The molecule has 0 aromatic carbocycles. The van der Waals surface area contributed by atoms with Crippen LogP contribution in [0.5, 0.6) is 0 Å². The van der Waals surface area contributed by atoms with E-state index in [1.807, 2.05) is 0 Å². The van der Waals surface area contributed by atoms with Crippen molar-refractivity contribution >= 4 is 5.91 Å². The van der Waals surface area contributed by atoms with E-state index in [2.05, 4.69) is 92.1 Å². The zero-order valence-corrected chi connectivity index (χ0v) is 39.3. The number of carbonyl (C=O) groups is 1. The second-order valence-electron chi connectivity index (χ2n) is 17.2. The normalized spacial score (nSPS) is 13.5. The SMILES string of the molecule is CC/C=C\C/C=C\C/C=C\C/C=C\C/C=C\C/C=C\CCCCC(=O)NC(CO)C(O)CCCCCCCCCCCCCCCCCCCCCCCCCCCC. The van der Waals surface area contributed by atoms with Crippen LogP contribution in [0.3, 0.4) is 0 Å². The van der Waals surface area contributed by atoms with E-state index in [0.717, 1.165) is 70.6 Å². The van der Waals surface area contributed by atoms with Crippen LogP contribution in [-0.2, 0) is 4.79 Å². The maximum Gasteiger partial charge on any atom is 0.220 e. The number of nitrogens with one attached hydrogen (secondary N) is 1. The Morgan fingerprint density at radius 1 is 0.424 bits per heavy atom. The number of hydrogen-bond acceptors (Lipinski definition) is 3. The summed E-state index contributed by atoms with van der Waals surface area (Å²) in [5.74, 6) is -0.0733. The van der Waals surface area contributed by atoms with E-state index in [1.165, 1.54) is 154 Å². The largest absolute Gasteiger partial charge is 0.394 e. The molecule has 0 aliphatic carbocycles. The summed E-state index contributed by atoms with van der Waals surface area (Å²) in [6, 6.07) is -0.565. The van der Waals surface area contributed by atoms with Crippen molar-refractivity contribution in [3.63, 3.8) is 0 Å². The van der Waals surface area contributed by atoms with Gasteiger partial charge >= 0.3 is 0 Å². The number of aliphatic hydroxyl groups excluding tert-OH is 2. The zero-order chi connectivity index (χ0) is 42.8. The lowest BCUT2D eigenvalue weighted by Gasteiger charge is -2.22. The van der Waals surface area contributed by atoms with Crippen molar-refractivity contribution in [1.29, 1.82) is 0 Å². The molecule has 0 fully saturated rings. The van der Waals surface area contributed by atoms with E-state index >= 15 is 0 Å². The first kappa shape index (κ1) is 56.8. The molecule has 2 unspecified atom stereocenters. The molecule has 0 rings (SSSR count). The molecule has 4 nitrogen and oxygen atoms in total. The van der Waals surface area contributed by atoms with E-state index in [0.29, 0.717) is 12.8 Å². The lowest BCUT2D eigenvalue weighted by Crippen LogP contribution is -2.45. The highest BCUT2D eigenvalue weighted by atomic mass is 16.3. The molecule has 0 saturated carbocycles. The molecule has 0 aliphatic rings. The first-order chi connectivity index (χ1) is 29.2. The van der Waals surface area contributed by atoms with Crippen molar-refractivity contribution in [3.05, 3.63) is 72.9 Å². The predicted molar refractivity (Wildman–Crippen MR) is 262 cm³/mol. The van der Waals surface area contributed by atoms with Gasteiger partial charge in [0.25, 0.3) is 0 Å². The van der Waals surface area contributed by atoms with Crippen LogP contribution in [-0.4, -0.2) is 34.9 Å². The van der Waals surface area contributed by atoms with Crippen molar-refractivity contribution in [2.24, 2.45) is 0 Å². The van der Waals surface area contributed by atoms with Crippen LogP contribution in [0.25, 0.3) is 0 Å². The number of rotatable bonds is 46. The van der Waals surface area contributed by atoms with Crippen LogP contribution in [0.2, 0.25) is 0 Å². The standard InChI is InChI=1S/C55H99NO3/c1-3-5-7-9-11-13-15-17-19-21-23-25-26-27-28-29-31-32-34-36-38-40-42-44-46-48-50-54(58)53(52-57)56-55(59)51-49-47-45-43-41-39-37-35-33-30-24-22-20-18-16-14-12-10-8-6-4-2/h6,8,12,14,18,20,24,30,35,37,41,43,53-54,57-58H,3-5,7,9-11,13,15-17,19,21-23,25-29,31-34,36,38-40,42,44-52H2,1-2H3,(H,56,59)/b8-6-,14-12-,20-18-,30-24-,37-35-,43-41-. The minimum atomic E-state index is -0.683. The zero-order valence-electron chi connectivity index (χ0n) is 39.3. The van der Waals surface area contributed by atoms with Crippen molar-refractivity contribution in [2.45, 2.75) is 264 Å². The summed E-state index contributed by atoms with van der Waals surface area (Å²) in [6.45, 7) is 4.24. The third-order valence-electron chi connectivity index (χ3n) is 11.5. The van der Waals surface area contributed by atoms with E-state index < -0.39 is 12.1 Å². The van der Waals surface area contributed by atoms with Crippen molar-refractivity contribution in [2.75, 3.05) is 6.61 Å². The Morgan fingerprint density at radius 3 is 1.08 bits per heavy atom. The summed E-state index contributed by atoms with van der Waals surface area (Å²) in [4.78, 5) is 12.4. The molecule has 1 amide bonds. The molecule has 0 radical (unpaired) electrons. The minimum absolute atomic E-state index is 0.0733. The van der Waals surface area contributed by atoms with Gasteiger partial charge in [-0.15, -0.1) is 0 Å². The highest BCUT2D eigenvalue weighted by molar-refractivity contribution is 5.76. The number of aliphatic hydroxyl groups is 2. The molecule has 3 N–H and O–H groups in total. The fraction of sp³-hybridized carbons (Fsp3) is 0.764. The smallest absolute Gasteiger partial charge is 0.220 e. The van der Waals surface area contributed by atoms with Gasteiger partial charge in [-0.1, -0.05) is 254 Å². The molecule has 0 heterocycles. The minimum Gasteiger partial charge on any atom is -0.394 e. The number of amides is 1. The summed E-state index contributed by atoms with van der Waals surface area (Å²) in [5, 5.41) is 23.3. The van der Waals surface area contributed by atoms with E-state index in [4.69, 9.17) is 0 Å². The number of carbonyl (C=O) groups excluding carboxylic acids is 1. The summed E-state index contributed by atoms with van der Waals surface area (Å²) in [5.41, 5.74) is 0. The summed E-state index contributed by atoms with van der Waals surface area (Å²) in [7, 11) is 0. The maximum atomic E-state index is 12.4. The average molecular weight is 822 g/mol. The van der Waals surface area contributed by atoms with Gasteiger partial charge in [0.05, 0.1) is 18.8 Å². The number of unbranched alkanes of at least 4 members (excludes halogenated alkanes) is 27. The Kier molecular flexibility index (Phi) is 48.3. The third-order valence-corrected chi connectivity index (χ3v) is 11.5. The molecular formula is C55H99NO3. The van der Waals surface area contributed by atoms with Gasteiger partial charge in [0.2, 0.25) is 5.91 Å². The molecule has 2 atom stereocenters. The highest BCUT2D eigenvalue weighted by Gasteiger charge is 2.20. The molecule has 342 valence electrons. The molecule has 59 heavy (non-hydrogen) atoms. The summed E-state index contributed by atoms with van der Waals surface area (Å²) in [6.07, 6.45) is 71.5. The van der Waals surface area contributed by atoms with E-state index in [1.54, 1.807) is 0 Å². The molecule has 0 aliphatic heterocycles. The Morgan fingerprint density at radius 2 is 0.746 bits per heavy atom. The van der Waals surface area contributed by atoms with Crippen LogP contribution in [0, 0.1) is 0 Å². The lowest BCUT2D eigenvalue weighted by molar-refractivity contribution is -0.123. The molecule has 0 saturated heterocycles. The topological polar surface area (TPSA) is 69.6 Å². The fourth-order valence-electron chi connectivity index (χ4n) is 7.60. The molecular weight excluding hydrogens is 723 g/mol. The van der Waals surface area contributed by atoms with Crippen LogP contribution in [0.15, 0.2) is 72.9 Å². The van der Waals surface area contributed by atoms with Crippen LogP contribution in [0.4, 0.5) is 0 Å². The van der Waals surface area contributed by atoms with Gasteiger partial charge in [-0.05, 0) is 64.2 Å². The van der Waals surface area contributed by atoms with Gasteiger partial charge in [-0.3, -0.25) is 4.79 Å². The van der Waals surface area contributed by atoms with Crippen molar-refractivity contribution in [1.82, 2.24) is 5.32 Å². The lowest BCUT2D eigenvalue weighted by atomic mass is 10.0. The van der Waals surface area contributed by atoms with Crippen LogP contribution in [0.1, 0.15) is 251 Å². The molecule has 0 aromatic rings. The molecule has 0 aromatic heterocycles. The Hall–Kier alpha value is -2.17. The summed E-state index contributed by atoms with van der Waals surface area (Å²) >= 11 is 0. The Bertz CT molecular complexity index is 1020. The monoisotopic (exact) mass is 822 g/mol. The second-order valence-corrected chi connectivity index (χ2v) is 17.2. The van der Waals surface area contributed by atoms with Gasteiger partial charge in [0.15, 0.2) is 0 Å². The number of allylic oxidation sites excluding steroid dienone is 12. The third kappa shape index (κ3) is 46.7. The van der Waals surface area contributed by atoms with Gasteiger partial charge in [0, 0.05) is 6.42 Å². The average Bonchev–Trinajstić information content (AvgIpc) is 3.24. The number of hydrogen-bond donors (Lipinski definition) is 3. The van der Waals surface area contributed by atoms with Gasteiger partial charge in [-0.25, -0.2) is 0 Å². The van der Waals surface area contributed by atoms with Gasteiger partial charge < -0.3 is 15.5 Å². The van der Waals surface area contributed by atoms with Crippen LogP contribution >= 0.6 is 0 Å². The Balaban J connectivity index is 3.56. The van der Waals surface area contributed by atoms with Crippen molar-refractivity contribution in [3.8, 4) is 0 Å². The fourth-order valence-corrected chi connectivity index (χ4v) is 7.60. The van der Waals surface area contributed by atoms with E-state index in [-0.39, 0.29) is 12.5 Å². The van der Waals surface area contributed by atoms with Crippen LogP contribution < -0.4 is 5.32 Å². The first-order valence-corrected chi connectivity index (χ1v) is 25.6. The summed E-state index contributed by atoms with van der Waals surface area (Å²) < 4.78 is 0.